The van der Waals surface area contributed by atoms with E-state index in [1.807, 2.05) is 19.1 Å². The van der Waals surface area contributed by atoms with Crippen molar-refractivity contribution in [3.63, 3.8) is 0 Å². The van der Waals surface area contributed by atoms with Gasteiger partial charge in [-0.05, 0) is 26.0 Å². The number of benzene rings is 1. The Kier molecular flexibility index (Phi) is 3.06. The van der Waals surface area contributed by atoms with E-state index >= 15 is 0 Å². The first-order valence-electron chi connectivity index (χ1n) is 4.06. The van der Waals surface area contributed by atoms with Crippen molar-refractivity contribution in [2.24, 2.45) is 0 Å². The molecular weight excluding hydrogens is 186 g/mol. The monoisotopic (exact) mass is 199 g/mol. The van der Waals surface area contributed by atoms with E-state index in [-0.39, 0.29) is 6.61 Å². The first-order valence-corrected chi connectivity index (χ1v) is 5.54. The minimum atomic E-state index is -3.03. The van der Waals surface area contributed by atoms with Gasteiger partial charge in [0, 0.05) is 0 Å². The molecule has 1 aromatic carbocycles. The zero-order valence-electron chi connectivity index (χ0n) is 7.74. The van der Waals surface area contributed by atoms with E-state index in [0.717, 1.165) is 5.56 Å². The van der Waals surface area contributed by atoms with Gasteiger partial charge in [-0.3, -0.25) is 4.18 Å². The van der Waals surface area contributed by atoms with Gasteiger partial charge in [0.1, 0.15) is 0 Å². The van der Waals surface area contributed by atoms with E-state index in [0.29, 0.717) is 4.90 Å². The molecule has 13 heavy (non-hydrogen) atoms. The Hall–Kier alpha value is -0.870. The third-order valence-electron chi connectivity index (χ3n) is 1.62. The summed E-state index contributed by atoms with van der Waals surface area (Å²) in [4.78, 5) is 0.431. The van der Waals surface area contributed by atoms with Crippen LogP contribution in [0, 0.1) is 11.7 Å². The predicted molar refractivity (Wildman–Crippen MR) is 51.9 cm³/mol. The lowest BCUT2D eigenvalue weighted by molar-refractivity contribution is 0.362. The number of hydrogen-bond donors (Lipinski definition) is 1. The van der Waals surface area contributed by atoms with Crippen molar-refractivity contribution in [1.29, 1.82) is 4.78 Å². The Morgan fingerprint density at radius 2 is 1.92 bits per heavy atom. The average Bonchev–Trinajstić information content (AvgIpc) is 2.05. The highest BCUT2D eigenvalue weighted by atomic mass is 32.2. The molecule has 1 N–H and O–H groups in total. The van der Waals surface area contributed by atoms with Crippen LogP contribution in [0.25, 0.3) is 0 Å². The largest absolute Gasteiger partial charge is 0.282 e. The summed E-state index contributed by atoms with van der Waals surface area (Å²) in [5.41, 5.74) is 1.08. The first-order chi connectivity index (χ1) is 6.06. The summed E-state index contributed by atoms with van der Waals surface area (Å²) in [7, 11) is -3.03. The molecule has 0 fully saturated rings. The van der Waals surface area contributed by atoms with Crippen LogP contribution in [0.1, 0.15) is 12.5 Å². The van der Waals surface area contributed by atoms with Crippen LogP contribution in [0.4, 0.5) is 0 Å². The molecule has 0 aliphatic rings. The van der Waals surface area contributed by atoms with Crippen LogP contribution in [0.15, 0.2) is 29.2 Å². The smallest absolute Gasteiger partial charge is 0.190 e. The Bertz CT molecular complexity index is 367. The van der Waals surface area contributed by atoms with Crippen molar-refractivity contribution in [1.82, 2.24) is 0 Å². The molecule has 1 rings (SSSR count). The van der Waals surface area contributed by atoms with Crippen LogP contribution < -0.4 is 0 Å². The van der Waals surface area contributed by atoms with Crippen molar-refractivity contribution >= 4 is 10.0 Å². The van der Waals surface area contributed by atoms with Crippen LogP contribution in [0.2, 0.25) is 0 Å². The van der Waals surface area contributed by atoms with Gasteiger partial charge >= 0.3 is 0 Å². The third kappa shape index (κ3) is 2.54. The molecule has 0 heterocycles. The zero-order chi connectivity index (χ0) is 9.90. The Labute approximate surface area is 78.9 Å². The van der Waals surface area contributed by atoms with E-state index in [4.69, 9.17) is 8.96 Å². The molecule has 72 valence electrons. The fourth-order valence-corrected chi connectivity index (χ4v) is 1.91. The zero-order valence-corrected chi connectivity index (χ0v) is 8.56. The lowest BCUT2D eigenvalue weighted by Crippen LogP contribution is -2.03. The maximum absolute atomic E-state index is 11.5. The van der Waals surface area contributed by atoms with Crippen molar-refractivity contribution in [2.75, 3.05) is 6.61 Å². The minimum Gasteiger partial charge on any atom is -0.282 e. The maximum Gasteiger partial charge on any atom is 0.190 e. The quantitative estimate of drug-likeness (QED) is 0.812. The van der Waals surface area contributed by atoms with Crippen molar-refractivity contribution in [3.8, 4) is 0 Å². The van der Waals surface area contributed by atoms with Crippen molar-refractivity contribution in [2.45, 2.75) is 18.7 Å². The van der Waals surface area contributed by atoms with Gasteiger partial charge in [0.25, 0.3) is 0 Å². The third-order valence-corrected chi connectivity index (χ3v) is 3.08. The second-order valence-electron chi connectivity index (χ2n) is 2.72. The lowest BCUT2D eigenvalue weighted by atomic mass is 10.2. The molecule has 1 atom stereocenters. The maximum atomic E-state index is 11.5. The summed E-state index contributed by atoms with van der Waals surface area (Å²) < 4.78 is 23.8. The number of rotatable bonds is 3. The Balaban J connectivity index is 3.02. The number of nitrogens with one attached hydrogen (secondary N) is 1. The van der Waals surface area contributed by atoms with Crippen LogP contribution in [0.5, 0.6) is 0 Å². The highest BCUT2D eigenvalue weighted by Crippen LogP contribution is 2.13. The highest BCUT2D eigenvalue weighted by molar-refractivity contribution is 7.87. The summed E-state index contributed by atoms with van der Waals surface area (Å²) >= 11 is 0. The molecule has 0 bridgehead atoms. The molecule has 0 saturated heterocycles. The molecule has 0 radical (unpaired) electrons. The van der Waals surface area contributed by atoms with E-state index < -0.39 is 10.0 Å². The van der Waals surface area contributed by atoms with Gasteiger partial charge in [-0.25, -0.2) is 8.99 Å². The fourth-order valence-electron chi connectivity index (χ4n) is 0.951. The number of aryl methyl sites for hydroxylation is 1. The SMILES string of the molecule is CCOS(=N)(=O)c1ccc(C)cc1. The molecule has 0 aliphatic carbocycles. The van der Waals surface area contributed by atoms with Gasteiger partial charge in [-0.15, -0.1) is 0 Å². The van der Waals surface area contributed by atoms with Gasteiger partial charge in [-0.2, -0.15) is 0 Å². The van der Waals surface area contributed by atoms with Crippen LogP contribution in [-0.4, -0.2) is 10.8 Å². The lowest BCUT2D eigenvalue weighted by Gasteiger charge is -2.06. The average molecular weight is 199 g/mol. The van der Waals surface area contributed by atoms with Crippen LogP contribution in [0.3, 0.4) is 0 Å². The molecule has 0 aromatic heterocycles. The van der Waals surface area contributed by atoms with Gasteiger partial charge < -0.3 is 0 Å². The molecule has 4 heteroatoms. The second kappa shape index (κ2) is 3.89. The molecule has 0 saturated carbocycles. The molecule has 0 amide bonds. The molecule has 0 spiro atoms. The topological polar surface area (TPSA) is 50.1 Å². The standard InChI is InChI=1S/C9H13NO2S/c1-3-12-13(10,11)9-6-4-8(2)5-7-9/h4-7,10H,3H2,1-2H3. The van der Waals surface area contributed by atoms with E-state index in [1.54, 1.807) is 19.1 Å². The summed E-state index contributed by atoms with van der Waals surface area (Å²) in [6.07, 6.45) is 0. The van der Waals surface area contributed by atoms with Crippen LogP contribution in [-0.2, 0) is 14.2 Å². The van der Waals surface area contributed by atoms with Gasteiger partial charge in [0.15, 0.2) is 10.0 Å². The fraction of sp³-hybridized carbons (Fsp3) is 0.333. The molecular formula is C9H13NO2S. The Morgan fingerprint density at radius 1 is 1.38 bits per heavy atom. The summed E-state index contributed by atoms with van der Waals surface area (Å²) in [6.45, 7) is 3.95. The summed E-state index contributed by atoms with van der Waals surface area (Å²) in [5, 5.41) is 0. The van der Waals surface area contributed by atoms with E-state index in [2.05, 4.69) is 0 Å². The number of hydrogen-bond acceptors (Lipinski definition) is 3. The van der Waals surface area contributed by atoms with Crippen molar-refractivity contribution < 1.29 is 8.39 Å². The minimum absolute atomic E-state index is 0.288. The van der Waals surface area contributed by atoms with E-state index in [9.17, 15) is 4.21 Å². The predicted octanol–water partition coefficient (Wildman–Crippen LogP) is 2.35. The summed E-state index contributed by atoms with van der Waals surface area (Å²) in [6, 6.07) is 6.98. The molecule has 0 aliphatic heterocycles. The molecule has 1 unspecified atom stereocenters. The van der Waals surface area contributed by atoms with Crippen LogP contribution >= 0.6 is 0 Å². The Morgan fingerprint density at radius 3 is 2.38 bits per heavy atom. The van der Waals surface area contributed by atoms with Crippen molar-refractivity contribution in [3.05, 3.63) is 29.8 Å². The second-order valence-corrected chi connectivity index (χ2v) is 4.44. The first kappa shape index (κ1) is 10.2. The summed E-state index contributed by atoms with van der Waals surface area (Å²) in [5.74, 6) is 0. The molecule has 3 nitrogen and oxygen atoms in total. The normalized spacial score (nSPS) is 15.2. The highest BCUT2D eigenvalue weighted by Gasteiger charge is 2.08. The molecule has 1 aromatic rings. The van der Waals surface area contributed by atoms with Gasteiger partial charge in [0.05, 0.1) is 11.5 Å². The van der Waals surface area contributed by atoms with Gasteiger partial charge in [-0.1, -0.05) is 17.7 Å². The van der Waals surface area contributed by atoms with Gasteiger partial charge in [0.2, 0.25) is 0 Å². The van der Waals surface area contributed by atoms with E-state index in [1.165, 1.54) is 0 Å².